The number of carbonyl (C=O) groups is 1. The predicted octanol–water partition coefficient (Wildman–Crippen LogP) is 5.39. The van der Waals surface area contributed by atoms with Crippen molar-refractivity contribution in [1.82, 2.24) is 4.31 Å². The van der Waals surface area contributed by atoms with E-state index in [2.05, 4.69) is 0 Å². The van der Waals surface area contributed by atoms with E-state index in [9.17, 15) is 13.2 Å². The summed E-state index contributed by atoms with van der Waals surface area (Å²) in [6.45, 7) is 4.25. The molecule has 0 aromatic heterocycles. The van der Waals surface area contributed by atoms with Gasteiger partial charge in [-0.15, -0.1) is 0 Å². The van der Waals surface area contributed by atoms with Crippen LogP contribution in [0.15, 0.2) is 89.3 Å². The molecule has 5 nitrogen and oxygen atoms in total. The van der Waals surface area contributed by atoms with Gasteiger partial charge in [-0.1, -0.05) is 79.2 Å². The highest BCUT2D eigenvalue weighted by molar-refractivity contribution is 7.89. The van der Waals surface area contributed by atoms with Gasteiger partial charge in [0.15, 0.2) is 5.78 Å². The van der Waals surface area contributed by atoms with Crippen LogP contribution >= 0.6 is 0 Å². The van der Waals surface area contributed by atoms with Crippen LogP contribution in [0.5, 0.6) is 0 Å². The highest BCUT2D eigenvalue weighted by Gasteiger charge is 2.57. The first kappa shape index (κ1) is 22.3. The van der Waals surface area contributed by atoms with Gasteiger partial charge in [-0.2, -0.15) is 4.31 Å². The average Bonchev–Trinajstić information content (AvgIpc) is 3.41. The summed E-state index contributed by atoms with van der Waals surface area (Å²) >= 11 is 0. The Morgan fingerprint density at radius 2 is 1.57 bits per heavy atom. The van der Waals surface area contributed by atoms with Gasteiger partial charge < -0.3 is 4.74 Å². The quantitative estimate of drug-likeness (QED) is 0.497. The molecule has 0 bridgehead atoms. The molecule has 3 aromatic rings. The zero-order chi connectivity index (χ0) is 24.3. The maximum Gasteiger partial charge on any atom is 0.243 e. The van der Waals surface area contributed by atoms with Crippen LogP contribution < -0.4 is 0 Å². The number of hydrogen-bond donors (Lipinski definition) is 0. The van der Waals surface area contributed by atoms with Crippen LogP contribution in [0, 0.1) is 18.8 Å². The van der Waals surface area contributed by atoms with E-state index >= 15 is 0 Å². The molecule has 35 heavy (non-hydrogen) atoms. The number of benzene rings is 3. The lowest BCUT2D eigenvalue weighted by atomic mass is 9.75. The minimum Gasteiger partial charge on any atom is -0.484 e. The molecule has 2 heterocycles. The summed E-state index contributed by atoms with van der Waals surface area (Å²) in [7, 11) is -3.75. The van der Waals surface area contributed by atoms with Crippen LogP contribution in [0.2, 0.25) is 0 Å². The molecule has 0 saturated carbocycles. The fraction of sp³-hybridized carbons (Fsp3) is 0.276. The van der Waals surface area contributed by atoms with Gasteiger partial charge >= 0.3 is 0 Å². The van der Waals surface area contributed by atoms with E-state index in [0.29, 0.717) is 29.9 Å². The number of ketones is 1. The molecular weight excluding hydrogens is 458 g/mol. The van der Waals surface area contributed by atoms with Crippen molar-refractivity contribution in [2.24, 2.45) is 11.8 Å². The number of carbonyl (C=O) groups excluding carboxylic acids is 1. The third-order valence-electron chi connectivity index (χ3n) is 7.68. The second-order valence-electron chi connectivity index (χ2n) is 9.62. The summed E-state index contributed by atoms with van der Waals surface area (Å²) in [5.74, 6) is 0.174. The second-order valence-corrected chi connectivity index (χ2v) is 11.5. The molecule has 2 aliphatic heterocycles. The Morgan fingerprint density at radius 3 is 2.26 bits per heavy atom. The molecular formula is C29H27NO4S. The Balaban J connectivity index is 1.51. The maximum absolute atomic E-state index is 13.9. The third-order valence-corrected chi connectivity index (χ3v) is 9.59. The van der Waals surface area contributed by atoms with Crippen LogP contribution in [-0.2, 0) is 14.8 Å². The Bertz CT molecular complexity index is 1440. The van der Waals surface area contributed by atoms with Gasteiger partial charge in [-0.05, 0) is 31.0 Å². The lowest BCUT2D eigenvalue weighted by molar-refractivity contribution is 0.0700. The standard InChI is InChI=1S/C29H27NO4S/c1-3-24-25-23(17-30(24)35(32,33)20-15-13-18(2)14-16-20)28(19-9-5-4-6-10-19)34-29-22-12-8-7-11-21(22)27(31)26(25)29/h4-16,23-25,28H,3,17H2,1-2H3/t23-,24?,25+,28?/m0/s1. The van der Waals surface area contributed by atoms with Gasteiger partial charge in [0.1, 0.15) is 11.9 Å². The predicted molar refractivity (Wildman–Crippen MR) is 134 cm³/mol. The van der Waals surface area contributed by atoms with E-state index in [1.54, 1.807) is 16.4 Å². The first-order valence-electron chi connectivity index (χ1n) is 12.1. The molecule has 6 heteroatoms. The van der Waals surface area contributed by atoms with Crippen molar-refractivity contribution < 1.29 is 17.9 Å². The molecule has 3 aromatic carbocycles. The second kappa shape index (κ2) is 8.18. The fourth-order valence-electron chi connectivity index (χ4n) is 6.07. The number of fused-ring (bicyclic) bond motifs is 4. The van der Waals surface area contributed by atoms with Crippen molar-refractivity contribution in [2.75, 3.05) is 6.54 Å². The SMILES string of the molecule is CCC1[C@@H]2C3=C(OC(c4ccccc4)[C@H]2CN1S(=O)(=O)c1ccc(C)cc1)c1ccccc1C3=O. The Labute approximate surface area is 206 Å². The average molecular weight is 486 g/mol. The van der Waals surface area contributed by atoms with Crippen LogP contribution in [0.4, 0.5) is 0 Å². The zero-order valence-electron chi connectivity index (χ0n) is 19.7. The molecule has 1 fully saturated rings. The van der Waals surface area contributed by atoms with Crippen molar-refractivity contribution in [3.8, 4) is 0 Å². The smallest absolute Gasteiger partial charge is 0.243 e. The van der Waals surface area contributed by atoms with Crippen LogP contribution in [0.3, 0.4) is 0 Å². The lowest BCUT2D eigenvalue weighted by Crippen LogP contribution is -2.38. The minimum absolute atomic E-state index is 0.0369. The molecule has 1 aliphatic carbocycles. The summed E-state index contributed by atoms with van der Waals surface area (Å²) in [5.41, 5.74) is 4.08. The Hall–Kier alpha value is -3.22. The molecule has 6 rings (SSSR count). The molecule has 0 spiro atoms. The molecule has 4 atom stereocenters. The topological polar surface area (TPSA) is 63.7 Å². The summed E-state index contributed by atoms with van der Waals surface area (Å²) in [6, 6.07) is 24.1. The van der Waals surface area contributed by atoms with Crippen LogP contribution in [0.25, 0.3) is 5.76 Å². The monoisotopic (exact) mass is 485 g/mol. The molecule has 3 aliphatic rings. The maximum atomic E-state index is 13.9. The molecule has 0 radical (unpaired) electrons. The summed E-state index contributed by atoms with van der Waals surface area (Å²) in [6.07, 6.45) is 0.264. The molecule has 178 valence electrons. The highest BCUT2D eigenvalue weighted by Crippen LogP contribution is 2.55. The van der Waals surface area contributed by atoms with E-state index in [-0.39, 0.29) is 34.7 Å². The van der Waals surface area contributed by atoms with E-state index in [4.69, 9.17) is 4.74 Å². The van der Waals surface area contributed by atoms with Crippen LogP contribution in [-0.4, -0.2) is 31.1 Å². The first-order chi connectivity index (χ1) is 16.9. The molecule has 0 amide bonds. The third kappa shape index (κ3) is 3.31. The van der Waals surface area contributed by atoms with Crippen molar-refractivity contribution in [3.05, 3.63) is 107 Å². The highest BCUT2D eigenvalue weighted by atomic mass is 32.2. The van der Waals surface area contributed by atoms with Gasteiger partial charge in [0.2, 0.25) is 10.0 Å². The largest absolute Gasteiger partial charge is 0.484 e. The molecule has 2 unspecified atom stereocenters. The van der Waals surface area contributed by atoms with E-state index in [1.165, 1.54) is 0 Å². The Kier molecular flexibility index (Phi) is 5.20. The summed E-state index contributed by atoms with van der Waals surface area (Å²) < 4.78 is 36.0. The summed E-state index contributed by atoms with van der Waals surface area (Å²) in [5, 5.41) is 0. The van der Waals surface area contributed by atoms with Gasteiger partial charge in [0, 0.05) is 41.1 Å². The van der Waals surface area contributed by atoms with Gasteiger partial charge in [-0.3, -0.25) is 4.79 Å². The Morgan fingerprint density at radius 1 is 0.914 bits per heavy atom. The van der Waals surface area contributed by atoms with E-state index in [1.807, 2.05) is 80.6 Å². The normalized spacial score (nSPS) is 25.7. The number of aryl methyl sites for hydroxylation is 1. The van der Waals surface area contributed by atoms with E-state index in [0.717, 1.165) is 16.7 Å². The van der Waals surface area contributed by atoms with Gasteiger partial charge in [0.25, 0.3) is 0 Å². The zero-order valence-corrected chi connectivity index (χ0v) is 20.5. The number of sulfonamides is 1. The number of nitrogens with zero attached hydrogens (tertiary/aromatic N) is 1. The van der Waals surface area contributed by atoms with Gasteiger partial charge in [0.05, 0.1) is 4.90 Å². The number of ether oxygens (including phenoxy) is 1. The van der Waals surface area contributed by atoms with Gasteiger partial charge in [-0.25, -0.2) is 8.42 Å². The minimum atomic E-state index is -3.75. The van der Waals surface area contributed by atoms with E-state index < -0.39 is 10.0 Å². The summed E-state index contributed by atoms with van der Waals surface area (Å²) in [4.78, 5) is 13.9. The molecule has 0 N–H and O–H groups in total. The number of hydrogen-bond acceptors (Lipinski definition) is 4. The first-order valence-corrected chi connectivity index (χ1v) is 13.5. The fourth-order valence-corrected chi connectivity index (χ4v) is 7.82. The van der Waals surface area contributed by atoms with Crippen molar-refractivity contribution in [2.45, 2.75) is 37.3 Å². The lowest BCUT2D eigenvalue weighted by Gasteiger charge is -2.36. The van der Waals surface area contributed by atoms with Crippen molar-refractivity contribution in [1.29, 1.82) is 0 Å². The number of rotatable bonds is 4. The van der Waals surface area contributed by atoms with Crippen molar-refractivity contribution >= 4 is 21.6 Å². The van der Waals surface area contributed by atoms with Crippen LogP contribution in [0.1, 0.15) is 46.5 Å². The number of Topliss-reactive ketones (excluding diaryl/α,β-unsaturated/α-hetero) is 1. The molecule has 1 saturated heterocycles. The van der Waals surface area contributed by atoms with Crippen molar-refractivity contribution in [3.63, 3.8) is 0 Å².